The van der Waals surface area contributed by atoms with Gasteiger partial charge in [0.2, 0.25) is 0 Å². The molecular formula is C13H15N3O2S2. The molecule has 0 saturated carbocycles. The normalized spacial score (nSPS) is 17.8. The first-order valence-corrected chi connectivity index (χ1v) is 8.14. The average Bonchev–Trinajstić information content (AvgIpc) is 3.01. The Hall–Kier alpha value is -1.47. The van der Waals surface area contributed by atoms with E-state index in [0.717, 1.165) is 38.4 Å². The summed E-state index contributed by atoms with van der Waals surface area (Å²) in [4.78, 5) is 22.2. The first-order chi connectivity index (χ1) is 9.63. The molecule has 0 spiro atoms. The molecular weight excluding hydrogens is 294 g/mol. The number of aromatic nitrogens is 2. The van der Waals surface area contributed by atoms with Crippen molar-refractivity contribution in [3.63, 3.8) is 0 Å². The van der Waals surface area contributed by atoms with E-state index in [1.165, 1.54) is 0 Å². The van der Waals surface area contributed by atoms with Gasteiger partial charge in [0.1, 0.15) is 5.92 Å². The van der Waals surface area contributed by atoms with Crippen molar-refractivity contribution in [2.75, 3.05) is 5.32 Å². The molecule has 0 aromatic carbocycles. The summed E-state index contributed by atoms with van der Waals surface area (Å²) >= 11 is 3.24. The molecule has 2 aromatic rings. The van der Waals surface area contributed by atoms with Crippen LogP contribution in [0.4, 0.5) is 5.13 Å². The van der Waals surface area contributed by atoms with E-state index in [0.29, 0.717) is 13.0 Å². The van der Waals surface area contributed by atoms with Crippen molar-refractivity contribution in [1.29, 1.82) is 0 Å². The van der Waals surface area contributed by atoms with Crippen LogP contribution < -0.4 is 5.32 Å². The number of carboxylic acids is 1. The number of aliphatic carboxylic acids is 1. The lowest BCUT2D eigenvalue weighted by Gasteiger charge is -2.16. The summed E-state index contributed by atoms with van der Waals surface area (Å²) in [6, 6.07) is 0. The number of carbonyl (C=O) groups is 1. The molecule has 1 unspecified atom stereocenters. The van der Waals surface area contributed by atoms with Gasteiger partial charge in [0.25, 0.3) is 0 Å². The van der Waals surface area contributed by atoms with E-state index in [9.17, 15) is 9.90 Å². The number of nitrogens with zero attached hydrogens (tertiary/aromatic N) is 2. The minimum absolute atomic E-state index is 0.434. The summed E-state index contributed by atoms with van der Waals surface area (Å²) < 4.78 is 0. The zero-order chi connectivity index (χ0) is 14.1. The molecule has 2 aromatic heterocycles. The maximum absolute atomic E-state index is 11.2. The van der Waals surface area contributed by atoms with Crippen LogP contribution in [-0.2, 0) is 17.8 Å². The van der Waals surface area contributed by atoms with Gasteiger partial charge in [0.15, 0.2) is 5.13 Å². The van der Waals surface area contributed by atoms with E-state index in [1.807, 2.05) is 13.1 Å². The van der Waals surface area contributed by atoms with Crippen LogP contribution in [0.1, 0.15) is 39.2 Å². The van der Waals surface area contributed by atoms with Crippen LogP contribution in [-0.4, -0.2) is 21.0 Å². The fourth-order valence-electron chi connectivity index (χ4n) is 2.38. The number of aryl methyl sites for hydroxylation is 2. The summed E-state index contributed by atoms with van der Waals surface area (Å²) in [6.07, 6.45) is 4.43. The fraction of sp³-hybridized carbons (Fsp3) is 0.462. The molecule has 5 nitrogen and oxygen atoms in total. The quantitative estimate of drug-likeness (QED) is 0.908. The Morgan fingerprint density at radius 2 is 2.40 bits per heavy atom. The lowest BCUT2D eigenvalue weighted by atomic mass is 9.91. The highest BCUT2D eigenvalue weighted by Gasteiger charge is 2.29. The zero-order valence-corrected chi connectivity index (χ0v) is 12.7. The van der Waals surface area contributed by atoms with Crippen molar-refractivity contribution in [3.8, 4) is 0 Å². The van der Waals surface area contributed by atoms with Crippen molar-refractivity contribution in [1.82, 2.24) is 9.97 Å². The molecule has 3 rings (SSSR count). The molecule has 20 heavy (non-hydrogen) atoms. The summed E-state index contributed by atoms with van der Waals surface area (Å²) in [5.74, 6) is -1.20. The van der Waals surface area contributed by atoms with Gasteiger partial charge in [0.05, 0.1) is 17.2 Å². The molecule has 1 atom stereocenters. The molecule has 2 heterocycles. The summed E-state index contributed by atoms with van der Waals surface area (Å²) in [5.41, 5.74) is 0.761. The lowest BCUT2D eigenvalue weighted by molar-refractivity contribution is -0.139. The number of hydrogen-bond donors (Lipinski definition) is 2. The third kappa shape index (κ3) is 2.69. The Morgan fingerprint density at radius 3 is 3.10 bits per heavy atom. The summed E-state index contributed by atoms with van der Waals surface area (Å²) in [5, 5.41) is 14.4. The molecule has 0 amide bonds. The molecule has 0 radical (unpaired) electrons. The van der Waals surface area contributed by atoms with Gasteiger partial charge in [-0.25, -0.2) is 9.97 Å². The van der Waals surface area contributed by atoms with Gasteiger partial charge >= 0.3 is 5.97 Å². The van der Waals surface area contributed by atoms with Crippen molar-refractivity contribution in [3.05, 3.63) is 26.7 Å². The fourth-order valence-corrected chi connectivity index (χ4v) is 4.18. The van der Waals surface area contributed by atoms with Gasteiger partial charge in [-0.1, -0.05) is 0 Å². The van der Waals surface area contributed by atoms with Crippen molar-refractivity contribution in [2.24, 2.45) is 0 Å². The van der Waals surface area contributed by atoms with Gasteiger partial charge in [-0.3, -0.25) is 4.79 Å². The summed E-state index contributed by atoms with van der Waals surface area (Å²) in [6.45, 7) is 2.67. The van der Waals surface area contributed by atoms with E-state index in [4.69, 9.17) is 0 Å². The smallest absolute Gasteiger partial charge is 0.312 e. The number of thiazole rings is 2. The van der Waals surface area contributed by atoms with Crippen LogP contribution in [0.5, 0.6) is 0 Å². The van der Waals surface area contributed by atoms with Crippen LogP contribution in [0.25, 0.3) is 0 Å². The van der Waals surface area contributed by atoms with E-state index < -0.39 is 11.9 Å². The van der Waals surface area contributed by atoms with Gasteiger partial charge < -0.3 is 10.4 Å². The van der Waals surface area contributed by atoms with Crippen molar-refractivity contribution < 1.29 is 9.90 Å². The Kier molecular flexibility index (Phi) is 3.71. The molecule has 0 bridgehead atoms. The van der Waals surface area contributed by atoms with Gasteiger partial charge in [-0.05, 0) is 26.2 Å². The topological polar surface area (TPSA) is 75.1 Å². The molecule has 1 aliphatic carbocycles. The number of fused-ring (bicyclic) bond motifs is 1. The van der Waals surface area contributed by atoms with Gasteiger partial charge in [-0.15, -0.1) is 22.7 Å². The molecule has 0 aliphatic heterocycles. The highest BCUT2D eigenvalue weighted by atomic mass is 32.1. The minimum Gasteiger partial charge on any atom is -0.481 e. The lowest BCUT2D eigenvalue weighted by Crippen LogP contribution is -2.17. The minimum atomic E-state index is -0.763. The zero-order valence-electron chi connectivity index (χ0n) is 11.0. The maximum Gasteiger partial charge on any atom is 0.312 e. The number of rotatable bonds is 4. The first-order valence-electron chi connectivity index (χ1n) is 6.51. The van der Waals surface area contributed by atoms with E-state index in [2.05, 4.69) is 15.3 Å². The second-order valence-electron chi connectivity index (χ2n) is 4.81. The Bertz CT molecular complexity index is 635. The average molecular weight is 309 g/mol. The van der Waals surface area contributed by atoms with Crippen LogP contribution in [0.2, 0.25) is 0 Å². The van der Waals surface area contributed by atoms with Crippen LogP contribution in [0.3, 0.4) is 0 Å². The predicted molar refractivity (Wildman–Crippen MR) is 79.6 cm³/mol. The van der Waals surface area contributed by atoms with E-state index >= 15 is 0 Å². The molecule has 1 aliphatic rings. The number of hydrogen-bond acceptors (Lipinski definition) is 6. The maximum atomic E-state index is 11.2. The van der Waals surface area contributed by atoms with Gasteiger partial charge in [-0.2, -0.15) is 0 Å². The molecule has 7 heteroatoms. The van der Waals surface area contributed by atoms with E-state index in [1.54, 1.807) is 22.7 Å². The molecule has 106 valence electrons. The Morgan fingerprint density at radius 1 is 1.55 bits per heavy atom. The standard InChI is InChI=1S/C13H15N3O2S2/c1-7-14-5-8(19-7)6-15-13-16-11-9(12(17)18)3-2-4-10(11)20-13/h5,9H,2-4,6H2,1H3,(H,15,16)(H,17,18). The SMILES string of the molecule is Cc1ncc(CNc2nc3c(s2)CCCC3C(=O)O)s1. The molecule has 0 fully saturated rings. The van der Waals surface area contributed by atoms with Crippen LogP contribution in [0, 0.1) is 6.92 Å². The Balaban J connectivity index is 1.74. The van der Waals surface area contributed by atoms with Crippen LogP contribution in [0.15, 0.2) is 6.20 Å². The monoisotopic (exact) mass is 309 g/mol. The van der Waals surface area contributed by atoms with Crippen LogP contribution >= 0.6 is 22.7 Å². The molecule has 0 saturated heterocycles. The third-order valence-corrected chi connectivity index (χ3v) is 5.34. The highest BCUT2D eigenvalue weighted by Crippen LogP contribution is 2.36. The van der Waals surface area contributed by atoms with Crippen molar-refractivity contribution in [2.45, 2.75) is 38.6 Å². The number of nitrogens with one attached hydrogen (secondary N) is 1. The highest BCUT2D eigenvalue weighted by molar-refractivity contribution is 7.15. The largest absolute Gasteiger partial charge is 0.481 e. The molecule has 2 N–H and O–H groups in total. The first kappa shape index (κ1) is 13.5. The number of anilines is 1. The summed E-state index contributed by atoms with van der Waals surface area (Å²) in [7, 11) is 0. The Labute approximate surface area is 124 Å². The number of carboxylic acid groups (broad SMARTS) is 1. The van der Waals surface area contributed by atoms with Gasteiger partial charge in [0, 0.05) is 16.0 Å². The predicted octanol–water partition coefficient (Wildman–Crippen LogP) is 3.02. The third-order valence-electron chi connectivity index (χ3n) is 3.34. The van der Waals surface area contributed by atoms with E-state index in [-0.39, 0.29) is 0 Å². The second-order valence-corrected chi connectivity index (χ2v) is 7.21. The second kappa shape index (κ2) is 5.49. The van der Waals surface area contributed by atoms with Crippen molar-refractivity contribution >= 4 is 33.8 Å².